The number of piperazine rings is 1. The second-order valence-electron chi connectivity index (χ2n) is 5.70. The third kappa shape index (κ3) is 3.36. The van der Waals surface area contributed by atoms with Gasteiger partial charge < -0.3 is 10.0 Å². The standard InChI is InChI=1S/C18H18N4O2/c19-11-17(14-4-2-1-3-5-14)21-6-8-22(9-7-21)18(24)15-10-16(23)13-20-12-15/h1-5,10,12-13,17,23H,6-9H2/t17-/m0/s1. The quantitative estimate of drug-likeness (QED) is 0.932. The summed E-state index contributed by atoms with van der Waals surface area (Å²) in [5.74, 6) is -0.167. The van der Waals surface area contributed by atoms with Crippen LogP contribution in [0.4, 0.5) is 0 Å². The molecule has 1 fully saturated rings. The lowest BCUT2D eigenvalue weighted by Gasteiger charge is -2.37. The topological polar surface area (TPSA) is 80.5 Å². The van der Waals surface area contributed by atoms with Crippen molar-refractivity contribution < 1.29 is 9.90 Å². The molecular formula is C18H18N4O2. The van der Waals surface area contributed by atoms with Gasteiger partial charge in [0.15, 0.2) is 0 Å². The molecule has 3 rings (SSSR count). The summed E-state index contributed by atoms with van der Waals surface area (Å²) in [7, 11) is 0. The number of carbonyl (C=O) groups excluding carboxylic acids is 1. The number of carbonyl (C=O) groups is 1. The van der Waals surface area contributed by atoms with Crippen LogP contribution in [0.15, 0.2) is 48.8 Å². The van der Waals surface area contributed by atoms with Crippen LogP contribution in [0.1, 0.15) is 22.0 Å². The molecule has 1 aliphatic heterocycles. The Balaban J connectivity index is 1.65. The maximum atomic E-state index is 12.5. The molecule has 0 saturated carbocycles. The lowest BCUT2D eigenvalue weighted by Crippen LogP contribution is -2.49. The van der Waals surface area contributed by atoms with Gasteiger partial charge in [-0.3, -0.25) is 14.7 Å². The van der Waals surface area contributed by atoms with Gasteiger partial charge in [0.05, 0.1) is 17.8 Å². The molecule has 0 radical (unpaired) electrons. The summed E-state index contributed by atoms with van der Waals surface area (Å²) in [6.07, 6.45) is 2.75. The number of benzene rings is 1. The zero-order chi connectivity index (χ0) is 16.9. The highest BCUT2D eigenvalue weighted by molar-refractivity contribution is 5.94. The summed E-state index contributed by atoms with van der Waals surface area (Å²) < 4.78 is 0. The Morgan fingerprint density at radius 3 is 2.50 bits per heavy atom. The van der Waals surface area contributed by atoms with Crippen molar-refractivity contribution in [3.8, 4) is 11.8 Å². The molecule has 1 aromatic carbocycles. The number of hydrogen-bond acceptors (Lipinski definition) is 5. The van der Waals surface area contributed by atoms with E-state index in [-0.39, 0.29) is 17.7 Å². The highest BCUT2D eigenvalue weighted by atomic mass is 16.3. The second-order valence-corrected chi connectivity index (χ2v) is 5.70. The second kappa shape index (κ2) is 7.11. The van der Waals surface area contributed by atoms with Gasteiger partial charge in [0.25, 0.3) is 5.91 Å². The molecule has 1 atom stereocenters. The van der Waals surface area contributed by atoms with Gasteiger partial charge in [-0.05, 0) is 11.6 Å². The van der Waals surface area contributed by atoms with E-state index >= 15 is 0 Å². The third-order valence-corrected chi connectivity index (χ3v) is 4.17. The first kappa shape index (κ1) is 16.0. The van der Waals surface area contributed by atoms with Crippen molar-refractivity contribution in [2.45, 2.75) is 6.04 Å². The molecule has 1 aromatic heterocycles. The van der Waals surface area contributed by atoms with Gasteiger partial charge >= 0.3 is 0 Å². The molecule has 1 amide bonds. The maximum Gasteiger partial charge on any atom is 0.255 e. The summed E-state index contributed by atoms with van der Waals surface area (Å²) in [6.45, 7) is 2.34. The molecule has 2 heterocycles. The van der Waals surface area contributed by atoms with E-state index in [4.69, 9.17) is 0 Å². The van der Waals surface area contributed by atoms with Crippen LogP contribution in [0.5, 0.6) is 5.75 Å². The average Bonchev–Trinajstić information content (AvgIpc) is 2.63. The minimum atomic E-state index is -0.300. The minimum absolute atomic E-state index is 0.0203. The predicted octanol–water partition coefficient (Wildman–Crippen LogP) is 1.81. The third-order valence-electron chi connectivity index (χ3n) is 4.17. The first-order valence-corrected chi connectivity index (χ1v) is 7.81. The number of nitrogens with zero attached hydrogens (tertiary/aromatic N) is 4. The van der Waals surface area contributed by atoms with Crippen LogP contribution in [-0.4, -0.2) is 52.0 Å². The van der Waals surface area contributed by atoms with E-state index in [0.717, 1.165) is 5.56 Å². The van der Waals surface area contributed by atoms with Gasteiger partial charge in [0.2, 0.25) is 0 Å². The fourth-order valence-corrected chi connectivity index (χ4v) is 2.91. The molecule has 1 N–H and O–H groups in total. The van der Waals surface area contributed by atoms with Crippen molar-refractivity contribution in [1.29, 1.82) is 5.26 Å². The molecular weight excluding hydrogens is 304 g/mol. The number of pyridine rings is 1. The Hall–Kier alpha value is -2.91. The van der Waals surface area contributed by atoms with E-state index in [1.807, 2.05) is 30.3 Å². The van der Waals surface area contributed by atoms with E-state index in [1.165, 1.54) is 18.5 Å². The monoisotopic (exact) mass is 322 g/mol. The predicted molar refractivity (Wildman–Crippen MR) is 88.2 cm³/mol. The molecule has 1 saturated heterocycles. The highest BCUT2D eigenvalue weighted by Crippen LogP contribution is 2.22. The van der Waals surface area contributed by atoms with Crippen LogP contribution in [0.3, 0.4) is 0 Å². The molecule has 122 valence electrons. The molecule has 1 aliphatic rings. The summed E-state index contributed by atoms with van der Waals surface area (Å²) in [4.78, 5) is 20.1. The molecule has 0 unspecified atom stereocenters. The lowest BCUT2D eigenvalue weighted by atomic mass is 10.1. The normalized spacial score (nSPS) is 16.4. The molecule has 2 aromatic rings. The fourth-order valence-electron chi connectivity index (χ4n) is 2.91. The van der Waals surface area contributed by atoms with Crippen molar-refractivity contribution in [2.24, 2.45) is 0 Å². The summed E-state index contributed by atoms with van der Waals surface area (Å²) in [6, 6.07) is 13.1. The van der Waals surface area contributed by atoms with Crippen LogP contribution in [0, 0.1) is 11.3 Å². The lowest BCUT2D eigenvalue weighted by molar-refractivity contribution is 0.0605. The van der Waals surface area contributed by atoms with E-state index in [2.05, 4.69) is 16.0 Å². The van der Waals surface area contributed by atoms with Crippen LogP contribution >= 0.6 is 0 Å². The van der Waals surface area contributed by atoms with Crippen LogP contribution < -0.4 is 0 Å². The van der Waals surface area contributed by atoms with E-state index in [1.54, 1.807) is 4.90 Å². The first-order valence-electron chi connectivity index (χ1n) is 7.81. The largest absolute Gasteiger partial charge is 0.506 e. The van der Waals surface area contributed by atoms with Crippen molar-refractivity contribution in [1.82, 2.24) is 14.8 Å². The molecule has 0 bridgehead atoms. The zero-order valence-corrected chi connectivity index (χ0v) is 13.2. The highest BCUT2D eigenvalue weighted by Gasteiger charge is 2.27. The summed E-state index contributed by atoms with van der Waals surface area (Å²) in [5.41, 5.74) is 1.35. The number of aromatic nitrogens is 1. The molecule has 0 spiro atoms. The fraction of sp³-hybridized carbons (Fsp3) is 0.278. The molecule has 6 heteroatoms. The van der Waals surface area contributed by atoms with Crippen LogP contribution in [-0.2, 0) is 0 Å². The van der Waals surface area contributed by atoms with Gasteiger partial charge in [0, 0.05) is 32.4 Å². The van der Waals surface area contributed by atoms with Crippen LogP contribution in [0.25, 0.3) is 0 Å². The zero-order valence-electron chi connectivity index (χ0n) is 13.2. The maximum absolute atomic E-state index is 12.5. The van der Waals surface area contributed by atoms with Gasteiger partial charge in [0.1, 0.15) is 11.8 Å². The molecule has 6 nitrogen and oxygen atoms in total. The van der Waals surface area contributed by atoms with Crippen molar-refractivity contribution in [3.63, 3.8) is 0 Å². The van der Waals surface area contributed by atoms with Crippen molar-refractivity contribution in [2.75, 3.05) is 26.2 Å². The SMILES string of the molecule is N#C[C@@H](c1ccccc1)N1CCN(C(=O)c2cncc(O)c2)CC1. The Bertz CT molecular complexity index is 749. The number of rotatable bonds is 3. The van der Waals surface area contributed by atoms with Gasteiger partial charge in [-0.25, -0.2) is 0 Å². The molecule has 0 aliphatic carbocycles. The average molecular weight is 322 g/mol. The van der Waals surface area contributed by atoms with Crippen molar-refractivity contribution in [3.05, 3.63) is 59.9 Å². The first-order chi connectivity index (χ1) is 11.7. The van der Waals surface area contributed by atoms with Gasteiger partial charge in [-0.2, -0.15) is 5.26 Å². The van der Waals surface area contributed by atoms with Crippen molar-refractivity contribution >= 4 is 5.91 Å². The Morgan fingerprint density at radius 2 is 1.88 bits per heavy atom. The van der Waals surface area contributed by atoms with E-state index in [0.29, 0.717) is 31.7 Å². The Kier molecular flexibility index (Phi) is 4.73. The summed E-state index contributed by atoms with van der Waals surface area (Å²) in [5, 5.41) is 19.0. The van der Waals surface area contributed by atoms with Crippen LogP contribution in [0.2, 0.25) is 0 Å². The number of amides is 1. The number of nitriles is 1. The number of aromatic hydroxyl groups is 1. The number of hydrogen-bond donors (Lipinski definition) is 1. The van der Waals surface area contributed by atoms with E-state index in [9.17, 15) is 15.2 Å². The summed E-state index contributed by atoms with van der Waals surface area (Å²) >= 11 is 0. The smallest absolute Gasteiger partial charge is 0.255 e. The molecule has 24 heavy (non-hydrogen) atoms. The van der Waals surface area contributed by atoms with Gasteiger partial charge in [-0.1, -0.05) is 30.3 Å². The van der Waals surface area contributed by atoms with E-state index < -0.39 is 0 Å². The minimum Gasteiger partial charge on any atom is -0.506 e. The Morgan fingerprint density at radius 1 is 1.17 bits per heavy atom. The van der Waals surface area contributed by atoms with Gasteiger partial charge in [-0.15, -0.1) is 0 Å². The Labute approximate surface area is 140 Å².